The van der Waals surface area contributed by atoms with E-state index in [0.29, 0.717) is 13.0 Å². The summed E-state index contributed by atoms with van der Waals surface area (Å²) in [6.07, 6.45) is 3.34. The molecular weight excluding hydrogens is 274 g/mol. The SMILES string of the molecule is CCCC1NC(=O)C(C)N(CC(C)c2nccs2)C1=O. The van der Waals surface area contributed by atoms with Crippen LogP contribution in [-0.2, 0) is 9.59 Å². The lowest BCUT2D eigenvalue weighted by molar-refractivity contribution is -0.149. The van der Waals surface area contributed by atoms with Gasteiger partial charge in [0.1, 0.15) is 12.1 Å². The van der Waals surface area contributed by atoms with Crippen molar-refractivity contribution < 1.29 is 9.59 Å². The largest absolute Gasteiger partial charge is 0.343 e. The van der Waals surface area contributed by atoms with Crippen molar-refractivity contribution in [2.45, 2.75) is 51.6 Å². The predicted octanol–water partition coefficient (Wildman–Crippen LogP) is 1.76. The van der Waals surface area contributed by atoms with Gasteiger partial charge in [-0.15, -0.1) is 11.3 Å². The van der Waals surface area contributed by atoms with E-state index in [9.17, 15) is 9.59 Å². The Bertz CT molecular complexity index is 475. The molecule has 110 valence electrons. The lowest BCUT2D eigenvalue weighted by Crippen LogP contribution is -2.62. The summed E-state index contributed by atoms with van der Waals surface area (Å²) in [5.41, 5.74) is 0. The zero-order valence-corrected chi connectivity index (χ0v) is 12.9. The first kappa shape index (κ1) is 15.0. The number of nitrogens with zero attached hydrogens (tertiary/aromatic N) is 2. The maximum atomic E-state index is 12.5. The van der Waals surface area contributed by atoms with Gasteiger partial charge >= 0.3 is 0 Å². The van der Waals surface area contributed by atoms with E-state index < -0.39 is 6.04 Å². The third-order valence-corrected chi connectivity index (χ3v) is 4.67. The fourth-order valence-corrected chi connectivity index (χ4v) is 3.16. The average molecular weight is 295 g/mol. The van der Waals surface area contributed by atoms with Crippen LogP contribution in [0.15, 0.2) is 11.6 Å². The van der Waals surface area contributed by atoms with Gasteiger partial charge < -0.3 is 10.2 Å². The molecule has 0 radical (unpaired) electrons. The quantitative estimate of drug-likeness (QED) is 0.900. The number of amides is 2. The Morgan fingerprint density at radius 2 is 2.25 bits per heavy atom. The molecule has 3 atom stereocenters. The van der Waals surface area contributed by atoms with Crippen molar-refractivity contribution >= 4 is 23.2 Å². The van der Waals surface area contributed by atoms with E-state index in [2.05, 4.69) is 10.3 Å². The minimum Gasteiger partial charge on any atom is -0.343 e. The summed E-state index contributed by atoms with van der Waals surface area (Å²) in [5.74, 6) is 0.117. The van der Waals surface area contributed by atoms with Crippen LogP contribution in [0.4, 0.5) is 0 Å². The van der Waals surface area contributed by atoms with E-state index >= 15 is 0 Å². The minimum atomic E-state index is -0.405. The first-order chi connectivity index (χ1) is 9.54. The molecule has 0 spiro atoms. The second-order valence-electron chi connectivity index (χ2n) is 5.29. The van der Waals surface area contributed by atoms with Gasteiger partial charge in [-0.25, -0.2) is 4.98 Å². The molecule has 2 amide bonds. The summed E-state index contributed by atoms with van der Waals surface area (Å²) in [5, 5.41) is 5.74. The summed E-state index contributed by atoms with van der Waals surface area (Å²) < 4.78 is 0. The maximum absolute atomic E-state index is 12.5. The van der Waals surface area contributed by atoms with Gasteiger partial charge in [0.25, 0.3) is 0 Å². The van der Waals surface area contributed by atoms with Gasteiger partial charge in [0.15, 0.2) is 0 Å². The minimum absolute atomic E-state index is 0.0300. The van der Waals surface area contributed by atoms with E-state index in [4.69, 9.17) is 0 Å². The second-order valence-corrected chi connectivity index (χ2v) is 6.21. The van der Waals surface area contributed by atoms with Crippen LogP contribution in [0.1, 0.15) is 44.5 Å². The van der Waals surface area contributed by atoms with Crippen molar-refractivity contribution in [1.29, 1.82) is 0 Å². The molecule has 1 aromatic rings. The number of nitrogens with one attached hydrogen (secondary N) is 1. The molecular formula is C14H21N3O2S. The van der Waals surface area contributed by atoms with Crippen LogP contribution >= 0.6 is 11.3 Å². The Kier molecular flexibility index (Phi) is 4.75. The number of piperazine rings is 1. The van der Waals surface area contributed by atoms with Gasteiger partial charge in [0.2, 0.25) is 11.8 Å². The van der Waals surface area contributed by atoms with Gasteiger partial charge in [-0.3, -0.25) is 9.59 Å². The molecule has 1 aliphatic rings. The number of carbonyl (C=O) groups excluding carboxylic acids is 2. The Morgan fingerprint density at radius 3 is 2.85 bits per heavy atom. The van der Waals surface area contributed by atoms with E-state index in [0.717, 1.165) is 11.4 Å². The third kappa shape index (κ3) is 3.00. The third-order valence-electron chi connectivity index (χ3n) is 3.67. The molecule has 1 N–H and O–H groups in total. The van der Waals surface area contributed by atoms with Crippen LogP contribution in [0, 0.1) is 0 Å². The number of hydrogen-bond donors (Lipinski definition) is 1. The lowest BCUT2D eigenvalue weighted by atomic mass is 10.0. The van der Waals surface area contributed by atoms with Crippen molar-refractivity contribution in [3.05, 3.63) is 16.6 Å². The van der Waals surface area contributed by atoms with Crippen molar-refractivity contribution in [2.75, 3.05) is 6.54 Å². The summed E-state index contributed by atoms with van der Waals surface area (Å²) in [6.45, 7) is 6.38. The number of aromatic nitrogens is 1. The van der Waals surface area contributed by atoms with Crippen molar-refractivity contribution in [3.63, 3.8) is 0 Å². The average Bonchev–Trinajstić information content (AvgIpc) is 2.95. The maximum Gasteiger partial charge on any atom is 0.245 e. The first-order valence-corrected chi connectivity index (χ1v) is 7.92. The molecule has 0 saturated carbocycles. The molecule has 1 fully saturated rings. The second kappa shape index (κ2) is 6.35. The highest BCUT2D eigenvalue weighted by molar-refractivity contribution is 7.09. The number of hydrogen-bond acceptors (Lipinski definition) is 4. The van der Waals surface area contributed by atoms with E-state index in [1.807, 2.05) is 19.2 Å². The normalized spacial score (nSPS) is 24.6. The summed E-state index contributed by atoms with van der Waals surface area (Å²) in [4.78, 5) is 30.4. The molecule has 20 heavy (non-hydrogen) atoms. The smallest absolute Gasteiger partial charge is 0.245 e. The number of thiazole rings is 1. The highest BCUT2D eigenvalue weighted by Crippen LogP contribution is 2.22. The Hall–Kier alpha value is -1.43. The predicted molar refractivity (Wildman–Crippen MR) is 78.5 cm³/mol. The van der Waals surface area contributed by atoms with Crippen molar-refractivity contribution in [1.82, 2.24) is 15.2 Å². The summed E-state index contributed by atoms with van der Waals surface area (Å²) >= 11 is 1.58. The van der Waals surface area contributed by atoms with E-state index in [1.54, 1.807) is 29.4 Å². The highest BCUT2D eigenvalue weighted by atomic mass is 32.1. The molecule has 2 rings (SSSR count). The van der Waals surface area contributed by atoms with Gasteiger partial charge in [-0.1, -0.05) is 20.3 Å². The molecule has 0 aromatic carbocycles. The van der Waals surface area contributed by atoms with Crippen LogP contribution in [-0.4, -0.2) is 40.3 Å². The molecule has 3 unspecified atom stereocenters. The molecule has 0 aliphatic carbocycles. The molecule has 6 heteroatoms. The van der Waals surface area contributed by atoms with Crippen LogP contribution in [0.25, 0.3) is 0 Å². The molecule has 2 heterocycles. The summed E-state index contributed by atoms with van der Waals surface area (Å²) in [7, 11) is 0. The van der Waals surface area contributed by atoms with Crippen LogP contribution in [0.2, 0.25) is 0 Å². The van der Waals surface area contributed by atoms with Gasteiger partial charge in [-0.2, -0.15) is 0 Å². The number of rotatable bonds is 5. The Labute approximate surface area is 123 Å². The molecule has 1 aliphatic heterocycles. The van der Waals surface area contributed by atoms with Crippen LogP contribution < -0.4 is 5.32 Å². The highest BCUT2D eigenvalue weighted by Gasteiger charge is 2.38. The summed E-state index contributed by atoms with van der Waals surface area (Å²) in [6, 6.07) is -0.773. The van der Waals surface area contributed by atoms with Crippen molar-refractivity contribution in [2.24, 2.45) is 0 Å². The zero-order chi connectivity index (χ0) is 14.7. The van der Waals surface area contributed by atoms with Gasteiger partial charge in [0, 0.05) is 24.0 Å². The molecule has 1 saturated heterocycles. The lowest BCUT2D eigenvalue weighted by Gasteiger charge is -2.38. The first-order valence-electron chi connectivity index (χ1n) is 7.04. The van der Waals surface area contributed by atoms with Crippen LogP contribution in [0.5, 0.6) is 0 Å². The van der Waals surface area contributed by atoms with Gasteiger partial charge in [-0.05, 0) is 13.3 Å². The van der Waals surface area contributed by atoms with E-state index in [1.165, 1.54) is 0 Å². The van der Waals surface area contributed by atoms with Crippen molar-refractivity contribution in [3.8, 4) is 0 Å². The fourth-order valence-electron chi connectivity index (χ4n) is 2.47. The molecule has 5 nitrogen and oxygen atoms in total. The monoisotopic (exact) mass is 295 g/mol. The standard InChI is InChI=1S/C14H21N3O2S/c1-4-5-11-14(19)17(10(3)12(18)16-11)8-9(2)13-15-6-7-20-13/h6-7,9-11H,4-5,8H2,1-3H3,(H,16,18). The fraction of sp³-hybridized carbons (Fsp3) is 0.643. The van der Waals surface area contributed by atoms with E-state index in [-0.39, 0.29) is 23.8 Å². The van der Waals surface area contributed by atoms with Gasteiger partial charge in [0.05, 0.1) is 5.01 Å². The topological polar surface area (TPSA) is 62.3 Å². The Balaban J connectivity index is 2.10. The number of carbonyl (C=O) groups is 2. The zero-order valence-electron chi connectivity index (χ0n) is 12.1. The molecule has 1 aromatic heterocycles. The van der Waals surface area contributed by atoms with Crippen LogP contribution in [0.3, 0.4) is 0 Å². The Morgan fingerprint density at radius 1 is 1.50 bits per heavy atom. The molecule has 0 bridgehead atoms.